The average molecular weight is 274 g/mol. The third-order valence-corrected chi connectivity index (χ3v) is 7.62. The van der Waals surface area contributed by atoms with Gasteiger partial charge in [0.05, 0.1) is 0 Å². The van der Waals surface area contributed by atoms with Crippen molar-refractivity contribution in [2.45, 2.75) is 56.1 Å². The number of hydrogen-bond donors (Lipinski definition) is 1. The minimum Gasteiger partial charge on any atom is -0.316 e. The molecule has 1 saturated heterocycles. The molecule has 17 heavy (non-hydrogen) atoms. The van der Waals surface area contributed by atoms with Gasteiger partial charge in [-0.15, -0.1) is 0 Å². The Balaban J connectivity index is 1.98. The van der Waals surface area contributed by atoms with Gasteiger partial charge >= 0.3 is 0 Å². The molecule has 1 saturated carbocycles. The Morgan fingerprint density at radius 3 is 2.53 bits per heavy atom. The fraction of sp³-hybridized carbons (Fsp3) is 1.00. The molecule has 2 aliphatic rings. The van der Waals surface area contributed by atoms with Gasteiger partial charge in [-0.3, -0.25) is 0 Å². The van der Waals surface area contributed by atoms with Crippen molar-refractivity contribution >= 4 is 23.5 Å². The van der Waals surface area contributed by atoms with Gasteiger partial charge in [-0.2, -0.15) is 23.5 Å². The Kier molecular flexibility index (Phi) is 5.56. The van der Waals surface area contributed by atoms with E-state index in [1.54, 1.807) is 0 Å². The molecular formula is C14H27NS2. The highest BCUT2D eigenvalue weighted by Gasteiger charge is 2.35. The van der Waals surface area contributed by atoms with E-state index in [1.807, 2.05) is 0 Å². The van der Waals surface area contributed by atoms with Gasteiger partial charge in [0.15, 0.2) is 0 Å². The number of rotatable bonds is 3. The lowest BCUT2D eigenvalue weighted by molar-refractivity contribution is 0.225. The fourth-order valence-electron chi connectivity index (χ4n) is 3.52. The minimum atomic E-state index is 0.741. The van der Waals surface area contributed by atoms with Gasteiger partial charge in [0.2, 0.25) is 0 Å². The van der Waals surface area contributed by atoms with E-state index in [0.717, 1.165) is 28.4 Å². The molecule has 3 heteroatoms. The topological polar surface area (TPSA) is 12.0 Å². The fourth-order valence-corrected chi connectivity index (χ4v) is 6.60. The van der Waals surface area contributed by atoms with Crippen LogP contribution in [0.15, 0.2) is 0 Å². The molecule has 1 nitrogen and oxygen atoms in total. The molecule has 1 aliphatic carbocycles. The van der Waals surface area contributed by atoms with Crippen LogP contribution in [-0.2, 0) is 0 Å². The van der Waals surface area contributed by atoms with Crippen molar-refractivity contribution in [2.75, 3.05) is 18.6 Å². The van der Waals surface area contributed by atoms with Gasteiger partial charge < -0.3 is 5.32 Å². The maximum absolute atomic E-state index is 3.66. The smallest absolute Gasteiger partial charge is 0.0320 e. The molecule has 5 unspecified atom stereocenters. The summed E-state index contributed by atoms with van der Waals surface area (Å²) in [5.74, 6) is 4.56. The van der Waals surface area contributed by atoms with E-state index in [4.69, 9.17) is 0 Å². The molecule has 1 heterocycles. The van der Waals surface area contributed by atoms with Crippen molar-refractivity contribution < 1.29 is 0 Å². The third-order valence-electron chi connectivity index (χ3n) is 4.41. The highest BCUT2D eigenvalue weighted by Crippen LogP contribution is 2.39. The molecule has 0 amide bonds. The number of nitrogens with one attached hydrogen (secondary N) is 1. The van der Waals surface area contributed by atoms with Crippen LogP contribution in [0, 0.1) is 11.8 Å². The number of hydrogen-bond acceptors (Lipinski definition) is 3. The van der Waals surface area contributed by atoms with Crippen molar-refractivity contribution in [1.82, 2.24) is 5.32 Å². The Labute approximate surface area is 115 Å². The molecular weight excluding hydrogens is 246 g/mol. The summed E-state index contributed by atoms with van der Waals surface area (Å²) in [6.07, 6.45) is 5.79. The van der Waals surface area contributed by atoms with E-state index < -0.39 is 0 Å². The largest absolute Gasteiger partial charge is 0.316 e. The quantitative estimate of drug-likeness (QED) is 0.843. The van der Waals surface area contributed by atoms with Crippen LogP contribution in [0.2, 0.25) is 0 Å². The predicted molar refractivity (Wildman–Crippen MR) is 82.1 cm³/mol. The lowest BCUT2D eigenvalue weighted by Gasteiger charge is -2.41. The molecule has 100 valence electrons. The molecule has 2 rings (SSSR count). The first-order valence-electron chi connectivity index (χ1n) is 7.13. The second-order valence-electron chi connectivity index (χ2n) is 5.76. The molecule has 1 N–H and O–H groups in total. The molecule has 0 spiro atoms. The van der Waals surface area contributed by atoms with Gasteiger partial charge in [-0.05, 0) is 31.7 Å². The third kappa shape index (κ3) is 3.57. The molecule has 1 aliphatic heterocycles. The van der Waals surface area contributed by atoms with Crippen molar-refractivity contribution in [2.24, 2.45) is 11.8 Å². The lowest BCUT2D eigenvalue weighted by atomic mass is 9.77. The van der Waals surface area contributed by atoms with Gasteiger partial charge in [0, 0.05) is 28.0 Å². The van der Waals surface area contributed by atoms with Gasteiger partial charge in [0.1, 0.15) is 0 Å². The Hall–Kier alpha value is 0.660. The zero-order valence-electron chi connectivity index (χ0n) is 11.4. The highest BCUT2D eigenvalue weighted by molar-refractivity contribution is 8.07. The Morgan fingerprint density at radius 1 is 1.12 bits per heavy atom. The first-order chi connectivity index (χ1) is 8.22. The Bertz CT molecular complexity index is 234. The monoisotopic (exact) mass is 273 g/mol. The molecule has 0 aromatic heterocycles. The maximum atomic E-state index is 3.66. The van der Waals surface area contributed by atoms with Crippen molar-refractivity contribution in [3.63, 3.8) is 0 Å². The van der Waals surface area contributed by atoms with Crippen LogP contribution in [-0.4, -0.2) is 35.1 Å². The van der Waals surface area contributed by atoms with E-state index in [-0.39, 0.29) is 0 Å². The first kappa shape index (κ1) is 14.1. The van der Waals surface area contributed by atoms with Gasteiger partial charge in [0.25, 0.3) is 0 Å². The summed E-state index contributed by atoms with van der Waals surface area (Å²) in [7, 11) is 2.18. The molecule has 0 radical (unpaired) electrons. The molecule has 0 aromatic rings. The predicted octanol–water partition coefficient (Wildman–Crippen LogP) is 3.64. The van der Waals surface area contributed by atoms with Crippen LogP contribution >= 0.6 is 23.5 Å². The summed E-state index contributed by atoms with van der Waals surface area (Å²) in [6.45, 7) is 4.86. The van der Waals surface area contributed by atoms with Crippen LogP contribution in [0.25, 0.3) is 0 Å². The van der Waals surface area contributed by atoms with E-state index in [9.17, 15) is 0 Å². The Morgan fingerprint density at radius 2 is 1.88 bits per heavy atom. The van der Waals surface area contributed by atoms with Crippen molar-refractivity contribution in [1.29, 1.82) is 0 Å². The zero-order chi connectivity index (χ0) is 12.3. The van der Waals surface area contributed by atoms with Gasteiger partial charge in [-0.1, -0.05) is 26.7 Å². The second-order valence-corrected chi connectivity index (χ2v) is 8.53. The summed E-state index contributed by atoms with van der Waals surface area (Å²) in [6, 6.07) is 0.741. The van der Waals surface area contributed by atoms with E-state index in [2.05, 4.69) is 49.7 Å². The number of thioether (sulfide) groups is 2. The normalized spacial score (nSPS) is 41.1. The van der Waals surface area contributed by atoms with Crippen LogP contribution in [0.1, 0.15) is 39.5 Å². The zero-order valence-corrected chi connectivity index (χ0v) is 13.1. The van der Waals surface area contributed by atoms with Crippen LogP contribution in [0.5, 0.6) is 0 Å². The minimum absolute atomic E-state index is 0.741. The maximum Gasteiger partial charge on any atom is 0.0320 e. The van der Waals surface area contributed by atoms with Crippen LogP contribution in [0.4, 0.5) is 0 Å². The van der Waals surface area contributed by atoms with E-state index >= 15 is 0 Å². The summed E-state index contributed by atoms with van der Waals surface area (Å²) in [5, 5.41) is 5.31. The summed E-state index contributed by atoms with van der Waals surface area (Å²) in [5.41, 5.74) is 0. The standard InChI is InChI=1S/C14H27NS2/c1-10-5-4-6-12(9-10)13(15-3)14-11(2)16-7-8-17-14/h10-15H,4-9H2,1-3H3. The SMILES string of the molecule is CNC(C1CCCC(C)C1)C1SCCSC1C. The molecule has 0 aromatic carbocycles. The highest BCUT2D eigenvalue weighted by atomic mass is 32.2. The van der Waals surface area contributed by atoms with Crippen molar-refractivity contribution in [3.05, 3.63) is 0 Å². The summed E-state index contributed by atoms with van der Waals surface area (Å²) in [4.78, 5) is 0. The average Bonchev–Trinajstić information content (AvgIpc) is 2.33. The lowest BCUT2D eigenvalue weighted by Crippen LogP contribution is -2.48. The summed E-state index contributed by atoms with van der Waals surface area (Å²) >= 11 is 4.39. The first-order valence-corrected chi connectivity index (χ1v) is 9.22. The molecule has 2 fully saturated rings. The van der Waals surface area contributed by atoms with Gasteiger partial charge in [-0.25, -0.2) is 0 Å². The summed E-state index contributed by atoms with van der Waals surface area (Å²) < 4.78 is 0. The molecule has 5 atom stereocenters. The van der Waals surface area contributed by atoms with E-state index in [1.165, 1.54) is 37.2 Å². The van der Waals surface area contributed by atoms with Crippen LogP contribution < -0.4 is 5.32 Å². The van der Waals surface area contributed by atoms with Crippen LogP contribution in [0.3, 0.4) is 0 Å². The second kappa shape index (κ2) is 6.72. The van der Waals surface area contributed by atoms with Crippen molar-refractivity contribution in [3.8, 4) is 0 Å². The van der Waals surface area contributed by atoms with E-state index in [0.29, 0.717) is 0 Å². The molecule has 0 bridgehead atoms.